The average molecular weight is 261 g/mol. The van der Waals surface area contributed by atoms with Gasteiger partial charge in [0.1, 0.15) is 11.9 Å². The van der Waals surface area contributed by atoms with Crippen LogP contribution in [0.5, 0.6) is 0 Å². The van der Waals surface area contributed by atoms with Gasteiger partial charge in [-0.2, -0.15) is 5.26 Å². The summed E-state index contributed by atoms with van der Waals surface area (Å²) in [6.45, 7) is 1.99. The minimum absolute atomic E-state index is 0.00410. The van der Waals surface area contributed by atoms with Crippen LogP contribution in [0.2, 0.25) is 5.02 Å². The van der Waals surface area contributed by atoms with Gasteiger partial charge in [0.25, 0.3) is 0 Å². The fourth-order valence-corrected chi connectivity index (χ4v) is 2.00. The van der Waals surface area contributed by atoms with E-state index in [1.807, 2.05) is 24.7 Å². The smallest absolute Gasteiger partial charge is 0.130 e. The Morgan fingerprint density at radius 3 is 2.89 bits per heavy atom. The van der Waals surface area contributed by atoms with Crippen LogP contribution in [0.25, 0.3) is 0 Å². The van der Waals surface area contributed by atoms with Gasteiger partial charge in [-0.1, -0.05) is 11.6 Å². The third kappa shape index (κ3) is 2.47. The van der Waals surface area contributed by atoms with E-state index in [4.69, 9.17) is 16.9 Å². The molecule has 0 aliphatic heterocycles. The Kier molecular flexibility index (Phi) is 3.54. The second-order valence-electron chi connectivity index (χ2n) is 4.06. The van der Waals surface area contributed by atoms with E-state index in [2.05, 4.69) is 16.4 Å². The number of hydrogen-bond donors (Lipinski definition) is 1. The van der Waals surface area contributed by atoms with Crippen LogP contribution < -0.4 is 5.32 Å². The zero-order chi connectivity index (χ0) is 13.1. The minimum atomic E-state index is -0.00410. The maximum absolute atomic E-state index is 9.05. The largest absolute Gasteiger partial charge is 0.374 e. The molecule has 0 aliphatic carbocycles. The van der Waals surface area contributed by atoms with Crippen LogP contribution in [-0.4, -0.2) is 9.55 Å². The molecule has 0 saturated heterocycles. The molecule has 0 spiro atoms. The first kappa shape index (κ1) is 12.5. The second-order valence-corrected chi connectivity index (χ2v) is 4.50. The lowest BCUT2D eigenvalue weighted by molar-refractivity contribution is 0.721. The minimum Gasteiger partial charge on any atom is -0.374 e. The summed E-state index contributed by atoms with van der Waals surface area (Å²) in [6.07, 6.45) is 3.63. The predicted octanol–water partition coefficient (Wildman–Crippen LogP) is 3.12. The molecule has 0 bridgehead atoms. The summed E-state index contributed by atoms with van der Waals surface area (Å²) >= 11 is 5.94. The first-order valence-corrected chi connectivity index (χ1v) is 5.93. The number of aromatic nitrogens is 2. The van der Waals surface area contributed by atoms with Crippen LogP contribution in [0.3, 0.4) is 0 Å². The van der Waals surface area contributed by atoms with Gasteiger partial charge in [-0.25, -0.2) is 4.98 Å². The van der Waals surface area contributed by atoms with Crippen molar-refractivity contribution in [3.05, 3.63) is 47.0 Å². The molecule has 2 rings (SSSR count). The highest BCUT2D eigenvalue weighted by Crippen LogP contribution is 2.24. The topological polar surface area (TPSA) is 53.6 Å². The van der Waals surface area contributed by atoms with Crippen molar-refractivity contribution in [1.29, 1.82) is 5.26 Å². The maximum Gasteiger partial charge on any atom is 0.130 e. The van der Waals surface area contributed by atoms with E-state index < -0.39 is 0 Å². The molecule has 0 amide bonds. The number of anilines is 1. The Bertz CT molecular complexity index is 597. The molecule has 2 aromatic rings. The summed E-state index contributed by atoms with van der Waals surface area (Å²) < 4.78 is 1.94. The second kappa shape index (κ2) is 5.11. The number of nitrogens with zero attached hydrogens (tertiary/aromatic N) is 3. The third-order valence-electron chi connectivity index (χ3n) is 2.72. The van der Waals surface area contributed by atoms with E-state index >= 15 is 0 Å². The van der Waals surface area contributed by atoms with Crippen LogP contribution in [0.1, 0.15) is 24.4 Å². The van der Waals surface area contributed by atoms with Crippen LogP contribution in [0.4, 0.5) is 5.69 Å². The molecule has 1 unspecified atom stereocenters. The Labute approximate surface area is 111 Å². The molecule has 1 N–H and O–H groups in total. The molecule has 0 fully saturated rings. The van der Waals surface area contributed by atoms with Crippen molar-refractivity contribution in [3.8, 4) is 6.07 Å². The highest BCUT2D eigenvalue weighted by atomic mass is 35.5. The molecule has 0 saturated carbocycles. The third-order valence-corrected chi connectivity index (χ3v) is 2.95. The molecule has 92 valence electrons. The van der Waals surface area contributed by atoms with E-state index in [1.165, 1.54) is 0 Å². The monoisotopic (exact) mass is 260 g/mol. The van der Waals surface area contributed by atoms with E-state index in [0.29, 0.717) is 10.6 Å². The van der Waals surface area contributed by atoms with Crippen molar-refractivity contribution in [2.24, 2.45) is 7.05 Å². The summed E-state index contributed by atoms with van der Waals surface area (Å²) in [5.41, 5.74) is 1.29. The maximum atomic E-state index is 9.05. The molecule has 18 heavy (non-hydrogen) atoms. The normalized spacial score (nSPS) is 11.9. The lowest BCUT2D eigenvalue weighted by Crippen LogP contribution is -2.12. The van der Waals surface area contributed by atoms with Gasteiger partial charge in [0.2, 0.25) is 0 Å². The first-order chi connectivity index (χ1) is 8.61. The Morgan fingerprint density at radius 1 is 1.50 bits per heavy atom. The molecule has 0 radical (unpaired) electrons. The van der Waals surface area contributed by atoms with Crippen LogP contribution in [0, 0.1) is 11.3 Å². The molecular weight excluding hydrogens is 248 g/mol. The Hall–Kier alpha value is -1.99. The molecule has 1 heterocycles. The van der Waals surface area contributed by atoms with Crippen LogP contribution in [0.15, 0.2) is 30.6 Å². The van der Waals surface area contributed by atoms with Crippen LogP contribution >= 0.6 is 11.6 Å². The van der Waals surface area contributed by atoms with E-state index in [1.54, 1.807) is 24.4 Å². The first-order valence-electron chi connectivity index (χ1n) is 5.55. The molecule has 1 aromatic heterocycles. The quantitative estimate of drug-likeness (QED) is 0.923. The van der Waals surface area contributed by atoms with Gasteiger partial charge in [0.15, 0.2) is 0 Å². The fourth-order valence-electron chi connectivity index (χ4n) is 1.83. The zero-order valence-electron chi connectivity index (χ0n) is 10.2. The standard InChI is InChI=1S/C13H13ClN4/c1-9(13-16-5-6-18(13)2)17-12-7-11(14)4-3-10(12)8-15/h3-7,9,17H,1-2H3. The summed E-state index contributed by atoms with van der Waals surface area (Å²) in [5, 5.41) is 12.9. The van der Waals surface area contributed by atoms with E-state index in [-0.39, 0.29) is 6.04 Å². The van der Waals surface area contributed by atoms with Crippen molar-refractivity contribution >= 4 is 17.3 Å². The molecule has 4 nitrogen and oxygen atoms in total. The van der Waals surface area contributed by atoms with Gasteiger partial charge < -0.3 is 9.88 Å². The number of hydrogen-bond acceptors (Lipinski definition) is 3. The lowest BCUT2D eigenvalue weighted by atomic mass is 10.1. The molecule has 1 atom stereocenters. The lowest BCUT2D eigenvalue weighted by Gasteiger charge is -2.16. The predicted molar refractivity (Wildman–Crippen MR) is 71.4 cm³/mol. The van der Waals surface area contributed by atoms with Crippen molar-refractivity contribution in [1.82, 2.24) is 9.55 Å². The highest BCUT2D eigenvalue weighted by Gasteiger charge is 2.12. The molecule has 5 heteroatoms. The fraction of sp³-hybridized carbons (Fsp3) is 0.231. The van der Waals surface area contributed by atoms with Gasteiger partial charge >= 0.3 is 0 Å². The van der Waals surface area contributed by atoms with Crippen molar-refractivity contribution in [2.75, 3.05) is 5.32 Å². The number of nitriles is 1. The number of aryl methyl sites for hydroxylation is 1. The number of imidazole rings is 1. The summed E-state index contributed by atoms with van der Waals surface area (Å²) in [5.74, 6) is 0.902. The number of rotatable bonds is 3. The summed E-state index contributed by atoms with van der Waals surface area (Å²) in [6, 6.07) is 7.29. The summed E-state index contributed by atoms with van der Waals surface area (Å²) in [4.78, 5) is 4.27. The van der Waals surface area contributed by atoms with E-state index in [9.17, 15) is 0 Å². The van der Waals surface area contributed by atoms with Gasteiger partial charge in [-0.3, -0.25) is 0 Å². The number of benzene rings is 1. The zero-order valence-corrected chi connectivity index (χ0v) is 10.9. The average Bonchev–Trinajstić information content (AvgIpc) is 2.76. The van der Waals surface area contributed by atoms with Crippen molar-refractivity contribution in [3.63, 3.8) is 0 Å². The Morgan fingerprint density at radius 2 is 2.28 bits per heavy atom. The van der Waals surface area contributed by atoms with Gasteiger partial charge in [0, 0.05) is 24.5 Å². The van der Waals surface area contributed by atoms with Gasteiger partial charge in [-0.05, 0) is 25.1 Å². The number of nitrogens with one attached hydrogen (secondary N) is 1. The SMILES string of the molecule is CC(Nc1cc(Cl)ccc1C#N)c1nccn1C. The van der Waals surface area contributed by atoms with Crippen molar-refractivity contribution in [2.45, 2.75) is 13.0 Å². The van der Waals surface area contributed by atoms with Gasteiger partial charge in [-0.15, -0.1) is 0 Å². The Balaban J connectivity index is 2.27. The molecule has 1 aromatic carbocycles. The molecular formula is C13H13ClN4. The van der Waals surface area contributed by atoms with Crippen LogP contribution in [-0.2, 0) is 7.05 Å². The van der Waals surface area contributed by atoms with Gasteiger partial charge in [0.05, 0.1) is 17.3 Å². The van der Waals surface area contributed by atoms with E-state index in [0.717, 1.165) is 11.5 Å². The summed E-state index contributed by atoms with van der Waals surface area (Å²) in [7, 11) is 1.93. The van der Waals surface area contributed by atoms with Crippen molar-refractivity contribution < 1.29 is 0 Å². The highest BCUT2D eigenvalue weighted by molar-refractivity contribution is 6.30. The number of halogens is 1. The molecule has 0 aliphatic rings.